The Morgan fingerprint density at radius 2 is 2.36 bits per heavy atom. The van der Waals surface area contributed by atoms with Gasteiger partial charge in [-0.05, 0) is 22.6 Å². The van der Waals surface area contributed by atoms with E-state index in [4.69, 9.17) is 5.11 Å². The first kappa shape index (κ1) is 9.19. The fraction of sp³-hybridized carbons (Fsp3) is 0. The minimum atomic E-state index is -1.12. The molecule has 2 aromatic rings. The molecule has 0 aliphatic carbocycles. The molecular formula is C7H4IN3O3. The number of hydrogen-bond donors (Lipinski definition) is 2. The molecule has 72 valence electrons. The third kappa shape index (κ3) is 1.39. The SMILES string of the molecule is O=C(O)c1cc2[nH]c(=O)c(I)cn2n1. The van der Waals surface area contributed by atoms with Gasteiger partial charge in [-0.25, -0.2) is 9.31 Å². The van der Waals surface area contributed by atoms with Crippen molar-refractivity contribution in [2.75, 3.05) is 0 Å². The molecule has 0 bridgehead atoms. The lowest BCUT2D eigenvalue weighted by molar-refractivity contribution is 0.0690. The van der Waals surface area contributed by atoms with E-state index >= 15 is 0 Å². The summed E-state index contributed by atoms with van der Waals surface area (Å²) in [6, 6.07) is 1.31. The fourth-order valence-corrected chi connectivity index (χ4v) is 1.43. The quantitative estimate of drug-likeness (QED) is 0.743. The summed E-state index contributed by atoms with van der Waals surface area (Å²) in [6.07, 6.45) is 1.47. The molecule has 2 aromatic heterocycles. The molecule has 14 heavy (non-hydrogen) atoms. The summed E-state index contributed by atoms with van der Waals surface area (Å²) in [6.45, 7) is 0. The molecule has 0 saturated carbocycles. The number of rotatable bonds is 1. The number of carbonyl (C=O) groups is 1. The molecular weight excluding hydrogens is 301 g/mol. The third-order valence-corrected chi connectivity index (χ3v) is 2.42. The average molecular weight is 305 g/mol. The molecule has 0 aromatic carbocycles. The molecule has 0 fully saturated rings. The molecule has 0 radical (unpaired) electrons. The number of halogens is 1. The Labute approximate surface area is 90.7 Å². The van der Waals surface area contributed by atoms with Gasteiger partial charge in [-0.1, -0.05) is 0 Å². The van der Waals surface area contributed by atoms with Crippen LogP contribution in [0.1, 0.15) is 10.5 Å². The molecule has 0 aliphatic heterocycles. The van der Waals surface area contributed by atoms with E-state index in [9.17, 15) is 9.59 Å². The van der Waals surface area contributed by atoms with Crippen molar-refractivity contribution >= 4 is 34.2 Å². The van der Waals surface area contributed by atoms with Crippen molar-refractivity contribution in [3.05, 3.63) is 31.9 Å². The molecule has 2 heterocycles. The van der Waals surface area contributed by atoms with Crippen molar-refractivity contribution in [3.8, 4) is 0 Å². The highest BCUT2D eigenvalue weighted by atomic mass is 127. The van der Waals surface area contributed by atoms with Crippen molar-refractivity contribution in [2.45, 2.75) is 0 Å². The lowest BCUT2D eigenvalue weighted by atomic mass is 10.4. The highest BCUT2D eigenvalue weighted by molar-refractivity contribution is 14.1. The van der Waals surface area contributed by atoms with Gasteiger partial charge in [0.1, 0.15) is 5.65 Å². The Hall–Kier alpha value is -1.38. The maximum absolute atomic E-state index is 11.2. The molecule has 0 spiro atoms. The number of H-pyrrole nitrogens is 1. The van der Waals surface area contributed by atoms with Crippen LogP contribution in [0.15, 0.2) is 17.1 Å². The molecule has 0 aliphatic rings. The van der Waals surface area contributed by atoms with Crippen LogP contribution in [0.2, 0.25) is 0 Å². The van der Waals surface area contributed by atoms with Gasteiger partial charge in [-0.3, -0.25) is 4.79 Å². The summed E-state index contributed by atoms with van der Waals surface area (Å²) in [5.41, 5.74) is 0.0189. The minimum absolute atomic E-state index is 0.0948. The Morgan fingerprint density at radius 3 is 3.00 bits per heavy atom. The van der Waals surface area contributed by atoms with Crippen molar-refractivity contribution in [1.29, 1.82) is 0 Å². The van der Waals surface area contributed by atoms with Crippen LogP contribution in [-0.4, -0.2) is 25.7 Å². The second-order valence-electron chi connectivity index (χ2n) is 2.60. The molecule has 6 nitrogen and oxygen atoms in total. The van der Waals surface area contributed by atoms with Gasteiger partial charge in [-0.15, -0.1) is 0 Å². The van der Waals surface area contributed by atoms with Gasteiger partial charge in [0, 0.05) is 12.3 Å². The second-order valence-corrected chi connectivity index (χ2v) is 3.76. The number of hydrogen-bond acceptors (Lipinski definition) is 3. The molecule has 0 saturated heterocycles. The average Bonchev–Trinajstić information content (AvgIpc) is 2.48. The van der Waals surface area contributed by atoms with Gasteiger partial charge in [-0.2, -0.15) is 5.10 Å². The van der Waals surface area contributed by atoms with E-state index in [0.717, 1.165) is 0 Å². The molecule has 2 rings (SSSR count). The number of carboxylic acid groups (broad SMARTS) is 1. The zero-order chi connectivity index (χ0) is 10.3. The monoisotopic (exact) mass is 305 g/mol. The molecule has 2 N–H and O–H groups in total. The number of fused-ring (bicyclic) bond motifs is 1. The van der Waals surface area contributed by atoms with Crippen LogP contribution in [-0.2, 0) is 0 Å². The lowest BCUT2D eigenvalue weighted by Crippen LogP contribution is -2.11. The molecule has 0 atom stereocenters. The normalized spacial score (nSPS) is 10.6. The van der Waals surface area contributed by atoms with Crippen LogP contribution in [0, 0.1) is 3.57 Å². The predicted molar refractivity (Wildman–Crippen MR) is 55.5 cm³/mol. The van der Waals surface area contributed by atoms with Gasteiger partial charge >= 0.3 is 5.97 Å². The Balaban J connectivity index is 2.78. The zero-order valence-electron chi connectivity index (χ0n) is 6.69. The first-order chi connectivity index (χ1) is 6.58. The van der Waals surface area contributed by atoms with Gasteiger partial charge in [0.2, 0.25) is 0 Å². The van der Waals surface area contributed by atoms with Crippen LogP contribution in [0.5, 0.6) is 0 Å². The van der Waals surface area contributed by atoms with Gasteiger partial charge in [0.15, 0.2) is 5.69 Å². The fourth-order valence-electron chi connectivity index (χ4n) is 1.03. The smallest absolute Gasteiger partial charge is 0.356 e. The van der Waals surface area contributed by atoms with E-state index in [1.54, 1.807) is 0 Å². The van der Waals surface area contributed by atoms with Crippen molar-refractivity contribution in [1.82, 2.24) is 14.6 Å². The summed E-state index contributed by atoms with van der Waals surface area (Å²) in [4.78, 5) is 24.2. The Kier molecular flexibility index (Phi) is 2.02. The van der Waals surface area contributed by atoms with Crippen molar-refractivity contribution in [2.24, 2.45) is 0 Å². The minimum Gasteiger partial charge on any atom is -0.476 e. The summed E-state index contributed by atoms with van der Waals surface area (Å²) in [5.74, 6) is -1.12. The number of aromatic carboxylic acids is 1. The lowest BCUT2D eigenvalue weighted by Gasteiger charge is -1.91. The van der Waals surface area contributed by atoms with E-state index in [2.05, 4.69) is 10.1 Å². The largest absolute Gasteiger partial charge is 0.476 e. The third-order valence-electron chi connectivity index (χ3n) is 1.65. The number of aromatic amines is 1. The van der Waals surface area contributed by atoms with Crippen molar-refractivity contribution < 1.29 is 9.90 Å². The van der Waals surface area contributed by atoms with Crippen molar-refractivity contribution in [3.63, 3.8) is 0 Å². The van der Waals surface area contributed by atoms with Gasteiger partial charge in [0.05, 0.1) is 3.57 Å². The summed E-state index contributed by atoms with van der Waals surface area (Å²) in [5, 5.41) is 12.4. The highest BCUT2D eigenvalue weighted by Crippen LogP contribution is 2.03. The predicted octanol–water partition coefficient (Wildman–Crippen LogP) is 0.325. The first-order valence-corrected chi connectivity index (χ1v) is 4.67. The number of aromatic nitrogens is 3. The van der Waals surface area contributed by atoms with Gasteiger partial charge < -0.3 is 10.1 Å². The second kappa shape index (κ2) is 3.08. The number of nitrogens with zero attached hydrogens (tertiary/aromatic N) is 2. The van der Waals surface area contributed by atoms with E-state index < -0.39 is 5.97 Å². The number of carboxylic acids is 1. The Morgan fingerprint density at radius 1 is 1.64 bits per heavy atom. The Bertz CT molecular complexity index is 571. The van der Waals surface area contributed by atoms with Gasteiger partial charge in [0.25, 0.3) is 5.56 Å². The van der Waals surface area contributed by atoms with Crippen LogP contribution in [0.3, 0.4) is 0 Å². The van der Waals surface area contributed by atoms with Crippen LogP contribution >= 0.6 is 22.6 Å². The summed E-state index contributed by atoms with van der Waals surface area (Å²) < 4.78 is 1.78. The van der Waals surface area contributed by atoms with Crippen LogP contribution in [0.4, 0.5) is 0 Å². The van der Waals surface area contributed by atoms with Crippen LogP contribution in [0.25, 0.3) is 5.65 Å². The van der Waals surface area contributed by atoms with E-state index in [1.807, 2.05) is 22.6 Å². The van der Waals surface area contributed by atoms with E-state index in [1.165, 1.54) is 16.8 Å². The molecule has 0 amide bonds. The zero-order valence-corrected chi connectivity index (χ0v) is 8.85. The topological polar surface area (TPSA) is 87.5 Å². The maximum Gasteiger partial charge on any atom is 0.356 e. The highest BCUT2D eigenvalue weighted by Gasteiger charge is 2.09. The summed E-state index contributed by atoms with van der Waals surface area (Å²) in [7, 11) is 0. The van der Waals surface area contributed by atoms with E-state index in [-0.39, 0.29) is 11.3 Å². The van der Waals surface area contributed by atoms with E-state index in [0.29, 0.717) is 9.22 Å². The standard InChI is InChI=1S/C7H4IN3O3/c8-3-2-11-5(9-6(3)12)1-4(10-11)7(13)14/h1-2H,(H,9,12)(H,13,14). The molecule has 7 heteroatoms. The maximum atomic E-state index is 11.2. The summed E-state index contributed by atoms with van der Waals surface area (Å²) >= 11 is 1.85. The first-order valence-electron chi connectivity index (χ1n) is 3.59. The molecule has 0 unspecified atom stereocenters. The number of nitrogens with one attached hydrogen (secondary N) is 1. The van der Waals surface area contributed by atoms with Crippen LogP contribution < -0.4 is 5.56 Å².